The van der Waals surface area contributed by atoms with Gasteiger partial charge in [-0.05, 0) is 30.0 Å². The molecule has 0 fully saturated rings. The maximum absolute atomic E-state index is 4.80. The number of nitrogens with zero attached hydrogens (tertiary/aromatic N) is 2. The monoisotopic (exact) mass is 277 g/mol. The molecule has 0 saturated heterocycles. The molecule has 1 heterocycles. The molecule has 1 rings (SSSR count). The molecule has 20 heavy (non-hydrogen) atoms. The lowest BCUT2D eigenvalue weighted by Crippen LogP contribution is -2.25. The molecule has 0 unspecified atom stereocenters. The van der Waals surface area contributed by atoms with Crippen molar-refractivity contribution in [2.45, 2.75) is 60.0 Å². The van der Waals surface area contributed by atoms with Crippen LogP contribution >= 0.6 is 0 Å². The lowest BCUT2D eigenvalue weighted by Gasteiger charge is -2.22. The molecule has 1 aromatic rings. The standard InChI is InChI=1S/C17H31N3/c1-7-8-16-9-15(11-18-14(4)5)10-17(19-16)20(6)12-13(2)3/h9-10,13-14,18H,7-8,11-12H2,1-6H3. The molecular formula is C17H31N3. The summed E-state index contributed by atoms with van der Waals surface area (Å²) in [4.78, 5) is 7.07. The first-order valence-corrected chi connectivity index (χ1v) is 7.86. The van der Waals surface area contributed by atoms with Crippen molar-refractivity contribution in [3.05, 3.63) is 23.4 Å². The first-order chi connectivity index (χ1) is 9.42. The predicted molar refractivity (Wildman–Crippen MR) is 88.3 cm³/mol. The van der Waals surface area contributed by atoms with E-state index in [-0.39, 0.29) is 0 Å². The number of hydrogen-bond acceptors (Lipinski definition) is 3. The maximum atomic E-state index is 4.80. The van der Waals surface area contributed by atoms with Crippen LogP contribution in [0.25, 0.3) is 0 Å². The molecule has 0 aliphatic heterocycles. The molecule has 0 bridgehead atoms. The van der Waals surface area contributed by atoms with Crippen LogP contribution in [0.15, 0.2) is 12.1 Å². The summed E-state index contributed by atoms with van der Waals surface area (Å²) in [7, 11) is 2.14. The van der Waals surface area contributed by atoms with E-state index in [1.54, 1.807) is 0 Å². The van der Waals surface area contributed by atoms with Crippen molar-refractivity contribution in [2.24, 2.45) is 5.92 Å². The zero-order valence-corrected chi connectivity index (χ0v) is 14.0. The molecule has 0 aliphatic rings. The van der Waals surface area contributed by atoms with Crippen LogP contribution in [0.5, 0.6) is 0 Å². The van der Waals surface area contributed by atoms with E-state index in [0.717, 1.165) is 31.7 Å². The van der Waals surface area contributed by atoms with Gasteiger partial charge in [0, 0.05) is 31.9 Å². The summed E-state index contributed by atoms with van der Waals surface area (Å²) in [5.41, 5.74) is 2.55. The predicted octanol–water partition coefficient (Wildman–Crippen LogP) is 3.62. The second-order valence-corrected chi connectivity index (χ2v) is 6.38. The molecule has 0 radical (unpaired) electrons. The molecule has 0 amide bonds. The molecular weight excluding hydrogens is 246 g/mol. The van der Waals surface area contributed by atoms with Gasteiger partial charge in [0.25, 0.3) is 0 Å². The van der Waals surface area contributed by atoms with E-state index in [0.29, 0.717) is 12.0 Å². The summed E-state index contributed by atoms with van der Waals surface area (Å²) in [6.07, 6.45) is 2.19. The van der Waals surface area contributed by atoms with E-state index in [1.807, 2.05) is 0 Å². The molecule has 0 aliphatic carbocycles. The molecule has 3 heteroatoms. The highest BCUT2D eigenvalue weighted by molar-refractivity contribution is 5.42. The van der Waals surface area contributed by atoms with Gasteiger partial charge in [0.15, 0.2) is 0 Å². The van der Waals surface area contributed by atoms with Gasteiger partial charge in [0.1, 0.15) is 5.82 Å². The number of rotatable bonds is 8. The average Bonchev–Trinajstić information content (AvgIpc) is 2.35. The molecule has 0 atom stereocenters. The quantitative estimate of drug-likeness (QED) is 0.786. The first-order valence-electron chi connectivity index (χ1n) is 7.86. The number of hydrogen-bond donors (Lipinski definition) is 1. The largest absolute Gasteiger partial charge is 0.359 e. The Bertz CT molecular complexity index is 399. The smallest absolute Gasteiger partial charge is 0.128 e. The van der Waals surface area contributed by atoms with Gasteiger partial charge >= 0.3 is 0 Å². The summed E-state index contributed by atoms with van der Waals surface area (Å²) in [5.74, 6) is 1.75. The first kappa shape index (κ1) is 17.0. The molecule has 0 spiro atoms. The van der Waals surface area contributed by atoms with E-state index in [1.165, 1.54) is 11.3 Å². The van der Waals surface area contributed by atoms with Gasteiger partial charge < -0.3 is 10.2 Å². The second-order valence-electron chi connectivity index (χ2n) is 6.38. The topological polar surface area (TPSA) is 28.2 Å². The summed E-state index contributed by atoms with van der Waals surface area (Å²) in [6.45, 7) is 13.0. The van der Waals surface area contributed by atoms with Crippen molar-refractivity contribution in [1.29, 1.82) is 0 Å². The van der Waals surface area contributed by atoms with Gasteiger partial charge in [-0.25, -0.2) is 4.98 Å². The number of aromatic nitrogens is 1. The van der Waals surface area contributed by atoms with E-state index < -0.39 is 0 Å². The van der Waals surface area contributed by atoms with Crippen molar-refractivity contribution in [3.8, 4) is 0 Å². The number of aryl methyl sites for hydroxylation is 1. The third-order valence-corrected chi connectivity index (χ3v) is 3.18. The molecule has 3 nitrogen and oxygen atoms in total. The molecule has 114 valence electrons. The Balaban J connectivity index is 2.91. The van der Waals surface area contributed by atoms with Crippen LogP contribution in [0.4, 0.5) is 5.82 Å². The zero-order valence-electron chi connectivity index (χ0n) is 14.0. The Morgan fingerprint density at radius 2 is 1.90 bits per heavy atom. The summed E-state index contributed by atoms with van der Waals surface area (Å²) < 4.78 is 0. The van der Waals surface area contributed by atoms with Crippen LogP contribution in [-0.4, -0.2) is 24.6 Å². The fourth-order valence-corrected chi connectivity index (χ4v) is 2.28. The van der Waals surface area contributed by atoms with Crippen LogP contribution < -0.4 is 10.2 Å². The van der Waals surface area contributed by atoms with Crippen LogP contribution in [0, 0.1) is 5.92 Å². The van der Waals surface area contributed by atoms with Crippen molar-refractivity contribution in [2.75, 3.05) is 18.5 Å². The Hall–Kier alpha value is -1.09. The van der Waals surface area contributed by atoms with Gasteiger partial charge in [-0.3, -0.25) is 0 Å². The molecule has 0 saturated carbocycles. The van der Waals surface area contributed by atoms with Gasteiger partial charge in [0.2, 0.25) is 0 Å². The fraction of sp³-hybridized carbons (Fsp3) is 0.706. The number of nitrogens with one attached hydrogen (secondary N) is 1. The van der Waals surface area contributed by atoms with Crippen molar-refractivity contribution >= 4 is 5.82 Å². The van der Waals surface area contributed by atoms with Gasteiger partial charge in [-0.1, -0.05) is 41.0 Å². The summed E-state index contributed by atoms with van der Waals surface area (Å²) >= 11 is 0. The van der Waals surface area contributed by atoms with E-state index >= 15 is 0 Å². The lowest BCUT2D eigenvalue weighted by atomic mass is 10.1. The Labute approximate surface area is 124 Å². The molecule has 1 N–H and O–H groups in total. The molecule has 1 aromatic heterocycles. The third-order valence-electron chi connectivity index (χ3n) is 3.18. The van der Waals surface area contributed by atoms with Crippen LogP contribution in [0.1, 0.15) is 52.3 Å². The highest BCUT2D eigenvalue weighted by atomic mass is 15.2. The second kappa shape index (κ2) is 8.25. The van der Waals surface area contributed by atoms with Crippen LogP contribution in [-0.2, 0) is 13.0 Å². The normalized spacial score (nSPS) is 11.4. The Kier molecular flexibility index (Phi) is 7.00. The number of pyridine rings is 1. The minimum absolute atomic E-state index is 0.509. The lowest BCUT2D eigenvalue weighted by molar-refractivity contribution is 0.587. The van der Waals surface area contributed by atoms with Gasteiger partial charge in [-0.2, -0.15) is 0 Å². The summed E-state index contributed by atoms with van der Waals surface area (Å²) in [5, 5.41) is 3.49. The maximum Gasteiger partial charge on any atom is 0.128 e. The minimum atomic E-state index is 0.509. The zero-order chi connectivity index (χ0) is 15.1. The van der Waals surface area contributed by atoms with Crippen molar-refractivity contribution in [3.63, 3.8) is 0 Å². The van der Waals surface area contributed by atoms with Gasteiger partial charge in [0.05, 0.1) is 0 Å². The fourth-order valence-electron chi connectivity index (χ4n) is 2.28. The molecule has 0 aromatic carbocycles. The van der Waals surface area contributed by atoms with Gasteiger partial charge in [-0.15, -0.1) is 0 Å². The minimum Gasteiger partial charge on any atom is -0.359 e. The Morgan fingerprint density at radius 3 is 2.45 bits per heavy atom. The van der Waals surface area contributed by atoms with E-state index in [2.05, 4.69) is 64.0 Å². The van der Waals surface area contributed by atoms with E-state index in [9.17, 15) is 0 Å². The SMILES string of the molecule is CCCc1cc(CNC(C)C)cc(N(C)CC(C)C)n1. The Morgan fingerprint density at radius 1 is 1.20 bits per heavy atom. The number of anilines is 1. The van der Waals surface area contributed by atoms with Crippen LogP contribution in [0.3, 0.4) is 0 Å². The van der Waals surface area contributed by atoms with Crippen molar-refractivity contribution in [1.82, 2.24) is 10.3 Å². The third kappa shape index (κ3) is 5.91. The summed E-state index contributed by atoms with van der Waals surface area (Å²) in [6, 6.07) is 4.97. The van der Waals surface area contributed by atoms with Crippen LogP contribution in [0.2, 0.25) is 0 Å². The highest BCUT2D eigenvalue weighted by Crippen LogP contribution is 2.16. The average molecular weight is 277 g/mol. The van der Waals surface area contributed by atoms with E-state index in [4.69, 9.17) is 4.98 Å². The highest BCUT2D eigenvalue weighted by Gasteiger charge is 2.08. The van der Waals surface area contributed by atoms with Crippen molar-refractivity contribution < 1.29 is 0 Å².